The van der Waals surface area contributed by atoms with Crippen LogP contribution < -0.4 is 5.32 Å². The van der Waals surface area contributed by atoms with Crippen molar-refractivity contribution in [2.24, 2.45) is 5.92 Å². The molecule has 1 fully saturated rings. The van der Waals surface area contributed by atoms with Crippen LogP contribution in [0.3, 0.4) is 0 Å². The lowest BCUT2D eigenvalue weighted by Crippen LogP contribution is -2.34. The van der Waals surface area contributed by atoms with Crippen LogP contribution in [-0.2, 0) is 0 Å². The van der Waals surface area contributed by atoms with Crippen LogP contribution in [0.2, 0.25) is 0 Å². The normalized spacial score (nSPS) is 29.1. The molecule has 1 saturated carbocycles. The molecule has 0 spiro atoms. The fraction of sp³-hybridized carbons (Fsp3) is 1.00. The molecule has 1 aliphatic carbocycles. The van der Waals surface area contributed by atoms with Crippen LogP contribution in [-0.4, -0.2) is 19.3 Å². The van der Waals surface area contributed by atoms with Gasteiger partial charge in [-0.05, 0) is 31.7 Å². The summed E-state index contributed by atoms with van der Waals surface area (Å²) in [5, 5.41) is 3.45. The van der Waals surface area contributed by atoms with Crippen molar-refractivity contribution in [3.05, 3.63) is 0 Å². The molecule has 0 saturated heterocycles. The molecule has 0 aromatic heterocycles. The number of hydrogen-bond acceptors (Lipinski definition) is 1. The van der Waals surface area contributed by atoms with E-state index in [-0.39, 0.29) is 6.67 Å². The van der Waals surface area contributed by atoms with Gasteiger partial charge in [0.25, 0.3) is 0 Å². The molecule has 13 heavy (non-hydrogen) atoms. The minimum absolute atomic E-state index is 0.184. The number of hydrogen-bond donors (Lipinski definition) is 1. The molecule has 2 heteroatoms. The smallest absolute Gasteiger partial charge is 0.0906 e. The van der Waals surface area contributed by atoms with Crippen molar-refractivity contribution >= 4 is 0 Å². The summed E-state index contributed by atoms with van der Waals surface area (Å²) < 4.78 is 11.9. The van der Waals surface area contributed by atoms with E-state index < -0.39 is 0 Å². The van der Waals surface area contributed by atoms with E-state index in [0.717, 1.165) is 12.5 Å². The highest BCUT2D eigenvalue weighted by molar-refractivity contribution is 4.76. The average Bonchev–Trinajstić information content (AvgIpc) is 2.19. The van der Waals surface area contributed by atoms with Gasteiger partial charge in [0, 0.05) is 6.04 Å². The molecule has 0 amide bonds. The number of alkyl halides is 1. The third-order valence-electron chi connectivity index (χ3n) is 3.10. The predicted octanol–water partition coefficient (Wildman–Crippen LogP) is 2.90. The fourth-order valence-corrected chi connectivity index (χ4v) is 2.22. The van der Waals surface area contributed by atoms with E-state index >= 15 is 0 Å². The van der Waals surface area contributed by atoms with Gasteiger partial charge in [0.2, 0.25) is 0 Å². The Labute approximate surface area is 81.1 Å². The molecule has 0 bridgehead atoms. The first-order chi connectivity index (χ1) is 6.36. The summed E-state index contributed by atoms with van der Waals surface area (Å²) in [5.41, 5.74) is 0. The molecule has 1 N–H and O–H groups in total. The summed E-state index contributed by atoms with van der Waals surface area (Å²) in [6.07, 6.45) is 7.34. The topological polar surface area (TPSA) is 12.0 Å². The molecular weight excluding hydrogens is 165 g/mol. The van der Waals surface area contributed by atoms with E-state index in [1.165, 1.54) is 32.1 Å². The Bertz CT molecular complexity index is 127. The standard InChI is InChI=1S/C11H22FN/c1-2-10-5-3-6-11(9-10)13-8-4-7-12/h10-11,13H,2-9H2,1H3. The van der Waals surface area contributed by atoms with Gasteiger partial charge in [-0.15, -0.1) is 0 Å². The van der Waals surface area contributed by atoms with Crippen LogP contribution in [0.25, 0.3) is 0 Å². The highest BCUT2D eigenvalue weighted by Gasteiger charge is 2.19. The predicted molar refractivity (Wildman–Crippen MR) is 54.6 cm³/mol. The second-order valence-corrected chi connectivity index (χ2v) is 4.13. The van der Waals surface area contributed by atoms with Gasteiger partial charge in [0.1, 0.15) is 0 Å². The van der Waals surface area contributed by atoms with Crippen molar-refractivity contribution in [2.45, 2.75) is 51.5 Å². The summed E-state index contributed by atoms with van der Waals surface area (Å²) in [4.78, 5) is 0. The molecule has 1 rings (SSSR count). The lowest BCUT2D eigenvalue weighted by Gasteiger charge is -2.29. The summed E-state index contributed by atoms with van der Waals surface area (Å²) in [6, 6.07) is 0.672. The molecule has 1 aliphatic rings. The van der Waals surface area contributed by atoms with Gasteiger partial charge >= 0.3 is 0 Å². The number of halogens is 1. The zero-order valence-corrected chi connectivity index (χ0v) is 8.69. The lowest BCUT2D eigenvalue weighted by atomic mass is 9.84. The Kier molecular flexibility index (Phi) is 5.37. The van der Waals surface area contributed by atoms with E-state index in [1.54, 1.807) is 0 Å². The highest BCUT2D eigenvalue weighted by atomic mass is 19.1. The Morgan fingerprint density at radius 3 is 2.92 bits per heavy atom. The lowest BCUT2D eigenvalue weighted by molar-refractivity contribution is 0.276. The van der Waals surface area contributed by atoms with Crippen molar-refractivity contribution < 1.29 is 4.39 Å². The quantitative estimate of drug-likeness (QED) is 0.653. The summed E-state index contributed by atoms with van der Waals surface area (Å²) in [7, 11) is 0. The van der Waals surface area contributed by atoms with E-state index in [1.807, 2.05) is 0 Å². The number of rotatable bonds is 5. The van der Waals surface area contributed by atoms with Crippen LogP contribution in [0.4, 0.5) is 4.39 Å². The van der Waals surface area contributed by atoms with Gasteiger partial charge in [-0.1, -0.05) is 26.2 Å². The van der Waals surface area contributed by atoms with Crippen LogP contribution in [0.5, 0.6) is 0 Å². The van der Waals surface area contributed by atoms with E-state index in [4.69, 9.17) is 0 Å². The second kappa shape index (κ2) is 6.36. The molecule has 2 atom stereocenters. The Morgan fingerprint density at radius 1 is 1.38 bits per heavy atom. The monoisotopic (exact) mass is 187 g/mol. The van der Waals surface area contributed by atoms with Gasteiger partial charge in [-0.25, -0.2) is 0 Å². The molecule has 0 aromatic carbocycles. The van der Waals surface area contributed by atoms with Crippen LogP contribution >= 0.6 is 0 Å². The largest absolute Gasteiger partial charge is 0.314 e. The van der Waals surface area contributed by atoms with Gasteiger partial charge < -0.3 is 5.32 Å². The van der Waals surface area contributed by atoms with Crippen molar-refractivity contribution in [3.8, 4) is 0 Å². The van der Waals surface area contributed by atoms with Gasteiger partial charge in [0.15, 0.2) is 0 Å². The van der Waals surface area contributed by atoms with Gasteiger partial charge in [-0.3, -0.25) is 4.39 Å². The van der Waals surface area contributed by atoms with Crippen LogP contribution in [0.15, 0.2) is 0 Å². The summed E-state index contributed by atoms with van der Waals surface area (Å²) in [5.74, 6) is 0.914. The average molecular weight is 187 g/mol. The minimum atomic E-state index is -0.184. The third-order valence-corrected chi connectivity index (χ3v) is 3.10. The highest BCUT2D eigenvalue weighted by Crippen LogP contribution is 2.26. The third kappa shape index (κ3) is 4.08. The SMILES string of the molecule is CCC1CCCC(NCCCF)C1. The molecule has 0 radical (unpaired) electrons. The van der Waals surface area contributed by atoms with E-state index in [0.29, 0.717) is 12.5 Å². The molecule has 78 valence electrons. The number of nitrogens with one attached hydrogen (secondary N) is 1. The summed E-state index contributed by atoms with van der Waals surface area (Å²) in [6.45, 7) is 2.95. The van der Waals surface area contributed by atoms with E-state index in [2.05, 4.69) is 12.2 Å². The van der Waals surface area contributed by atoms with E-state index in [9.17, 15) is 4.39 Å². The Hall–Kier alpha value is -0.110. The Morgan fingerprint density at radius 2 is 2.23 bits per heavy atom. The second-order valence-electron chi connectivity index (χ2n) is 4.13. The van der Waals surface area contributed by atoms with Gasteiger partial charge in [0.05, 0.1) is 6.67 Å². The van der Waals surface area contributed by atoms with Crippen LogP contribution in [0, 0.1) is 5.92 Å². The first-order valence-corrected chi connectivity index (χ1v) is 5.66. The first-order valence-electron chi connectivity index (χ1n) is 5.66. The maximum Gasteiger partial charge on any atom is 0.0906 e. The van der Waals surface area contributed by atoms with Crippen LogP contribution in [0.1, 0.15) is 45.4 Å². The zero-order chi connectivity index (χ0) is 9.52. The first kappa shape index (κ1) is 11.0. The molecule has 1 nitrogen and oxygen atoms in total. The minimum Gasteiger partial charge on any atom is -0.314 e. The van der Waals surface area contributed by atoms with Crippen molar-refractivity contribution in [2.75, 3.05) is 13.2 Å². The Balaban J connectivity index is 2.11. The fourth-order valence-electron chi connectivity index (χ4n) is 2.22. The molecule has 2 unspecified atom stereocenters. The van der Waals surface area contributed by atoms with Gasteiger partial charge in [-0.2, -0.15) is 0 Å². The molecular formula is C11H22FN. The maximum absolute atomic E-state index is 11.9. The molecule has 0 heterocycles. The van der Waals surface area contributed by atoms with Crippen molar-refractivity contribution in [1.29, 1.82) is 0 Å². The molecule has 0 aromatic rings. The zero-order valence-electron chi connectivity index (χ0n) is 8.69. The maximum atomic E-state index is 11.9. The molecule has 0 aliphatic heterocycles. The van der Waals surface area contributed by atoms with Crippen molar-refractivity contribution in [1.82, 2.24) is 5.32 Å². The summed E-state index contributed by atoms with van der Waals surface area (Å²) >= 11 is 0. The van der Waals surface area contributed by atoms with Crippen molar-refractivity contribution in [3.63, 3.8) is 0 Å².